The Morgan fingerprint density at radius 1 is 1.33 bits per heavy atom. The second-order valence-electron chi connectivity index (χ2n) is 3.62. The van der Waals surface area contributed by atoms with Gasteiger partial charge in [-0.3, -0.25) is 4.79 Å². The van der Waals surface area contributed by atoms with Crippen molar-refractivity contribution in [3.05, 3.63) is 51.9 Å². The molecule has 0 fully saturated rings. The number of hydrogen-bond donors (Lipinski definition) is 2. The number of amides is 1. The van der Waals surface area contributed by atoms with Crippen LogP contribution in [0.5, 0.6) is 0 Å². The molecule has 1 amide bonds. The number of nitrogens with one attached hydrogen (secondary N) is 1. The summed E-state index contributed by atoms with van der Waals surface area (Å²) in [6.45, 7) is 0.297. The predicted molar refractivity (Wildman–Crippen MR) is 70.8 cm³/mol. The van der Waals surface area contributed by atoms with E-state index in [-0.39, 0.29) is 21.6 Å². The Morgan fingerprint density at radius 2 is 2.00 bits per heavy atom. The Balaban J connectivity index is 2.09. The van der Waals surface area contributed by atoms with Crippen molar-refractivity contribution in [2.75, 3.05) is 5.73 Å². The van der Waals surface area contributed by atoms with Crippen LogP contribution >= 0.6 is 23.2 Å². The first-order valence-electron chi connectivity index (χ1n) is 5.13. The minimum atomic E-state index is -0.296. The number of rotatable bonds is 3. The Hall–Kier alpha value is -1.65. The quantitative estimate of drug-likeness (QED) is 0.851. The van der Waals surface area contributed by atoms with Crippen LogP contribution in [-0.4, -0.2) is 5.91 Å². The van der Waals surface area contributed by atoms with Crippen LogP contribution in [-0.2, 0) is 6.54 Å². The van der Waals surface area contributed by atoms with Crippen LogP contribution in [0.2, 0.25) is 10.0 Å². The molecule has 2 rings (SSSR count). The molecule has 0 bridgehead atoms. The lowest BCUT2D eigenvalue weighted by Gasteiger charge is -2.06. The molecule has 0 aliphatic heterocycles. The van der Waals surface area contributed by atoms with E-state index >= 15 is 0 Å². The molecule has 1 aromatic carbocycles. The molecule has 0 aliphatic rings. The van der Waals surface area contributed by atoms with Crippen molar-refractivity contribution in [1.82, 2.24) is 5.32 Å². The highest BCUT2D eigenvalue weighted by Crippen LogP contribution is 2.28. The second kappa shape index (κ2) is 5.33. The highest BCUT2D eigenvalue weighted by molar-refractivity contribution is 6.39. The van der Waals surface area contributed by atoms with Crippen LogP contribution in [0.25, 0.3) is 0 Å². The van der Waals surface area contributed by atoms with Crippen LogP contribution in [0.15, 0.2) is 34.9 Å². The summed E-state index contributed by atoms with van der Waals surface area (Å²) >= 11 is 11.7. The van der Waals surface area contributed by atoms with Crippen molar-refractivity contribution >= 4 is 34.8 Å². The molecule has 3 N–H and O–H groups in total. The normalized spacial score (nSPS) is 10.3. The first-order chi connectivity index (χ1) is 8.58. The lowest BCUT2D eigenvalue weighted by Crippen LogP contribution is -2.22. The van der Waals surface area contributed by atoms with E-state index in [1.54, 1.807) is 18.4 Å². The summed E-state index contributed by atoms with van der Waals surface area (Å²) in [5.74, 6) is 0.367. The zero-order chi connectivity index (χ0) is 13.1. The topological polar surface area (TPSA) is 68.3 Å². The number of carbonyl (C=O) groups is 1. The van der Waals surface area contributed by atoms with Gasteiger partial charge in [-0.25, -0.2) is 0 Å². The average molecular weight is 285 g/mol. The molecule has 0 atom stereocenters. The monoisotopic (exact) mass is 284 g/mol. The first-order valence-corrected chi connectivity index (χ1v) is 5.88. The van der Waals surface area contributed by atoms with E-state index in [2.05, 4.69) is 5.32 Å². The fourth-order valence-electron chi connectivity index (χ4n) is 1.40. The Bertz CT molecular complexity index is 544. The number of benzene rings is 1. The van der Waals surface area contributed by atoms with Gasteiger partial charge in [-0.1, -0.05) is 23.2 Å². The molecule has 0 aliphatic carbocycles. The van der Waals surface area contributed by atoms with Gasteiger partial charge in [0.05, 0.1) is 28.5 Å². The van der Waals surface area contributed by atoms with Gasteiger partial charge in [0.25, 0.3) is 5.91 Å². The first kappa shape index (κ1) is 12.8. The molecule has 0 unspecified atom stereocenters. The molecule has 1 heterocycles. The van der Waals surface area contributed by atoms with Gasteiger partial charge in [0.2, 0.25) is 0 Å². The molecular weight excluding hydrogens is 275 g/mol. The summed E-state index contributed by atoms with van der Waals surface area (Å²) < 4.78 is 5.10. The Kier molecular flexibility index (Phi) is 3.79. The fourth-order valence-corrected chi connectivity index (χ4v) is 1.89. The van der Waals surface area contributed by atoms with Gasteiger partial charge in [0.1, 0.15) is 5.76 Å². The van der Waals surface area contributed by atoms with Crippen molar-refractivity contribution in [3.8, 4) is 0 Å². The van der Waals surface area contributed by atoms with Gasteiger partial charge in [-0.2, -0.15) is 0 Å². The summed E-state index contributed by atoms with van der Waals surface area (Å²) in [5.41, 5.74) is 6.21. The smallest absolute Gasteiger partial charge is 0.251 e. The number of nitrogens with two attached hydrogens (primary N) is 1. The Morgan fingerprint density at radius 3 is 2.56 bits per heavy atom. The number of carbonyl (C=O) groups excluding carboxylic acids is 1. The molecule has 2 aromatic rings. The molecule has 0 spiro atoms. The van der Waals surface area contributed by atoms with Crippen molar-refractivity contribution < 1.29 is 9.21 Å². The largest absolute Gasteiger partial charge is 0.467 e. The van der Waals surface area contributed by atoms with Gasteiger partial charge < -0.3 is 15.5 Å². The highest BCUT2D eigenvalue weighted by Gasteiger charge is 2.11. The molecule has 4 nitrogen and oxygen atoms in total. The van der Waals surface area contributed by atoms with Gasteiger partial charge in [0, 0.05) is 5.56 Å². The predicted octanol–water partition coefficient (Wildman–Crippen LogP) is 3.10. The third-order valence-electron chi connectivity index (χ3n) is 2.34. The van der Waals surface area contributed by atoms with Gasteiger partial charge in [-0.15, -0.1) is 0 Å². The standard InChI is InChI=1S/C12H10Cl2N2O2/c13-9-4-7(5-10(14)11(9)15)12(17)16-6-8-2-1-3-18-8/h1-5H,6,15H2,(H,16,17). The number of furan rings is 1. The number of halogens is 2. The maximum atomic E-state index is 11.8. The second-order valence-corrected chi connectivity index (χ2v) is 4.43. The zero-order valence-electron chi connectivity index (χ0n) is 9.24. The van der Waals surface area contributed by atoms with E-state index in [1.165, 1.54) is 12.1 Å². The number of hydrogen-bond acceptors (Lipinski definition) is 3. The summed E-state index contributed by atoms with van der Waals surface area (Å²) in [5, 5.41) is 3.19. The molecule has 6 heteroatoms. The van der Waals surface area contributed by atoms with E-state index in [0.29, 0.717) is 17.9 Å². The van der Waals surface area contributed by atoms with E-state index in [9.17, 15) is 4.79 Å². The molecule has 0 saturated heterocycles. The summed E-state index contributed by atoms with van der Waals surface area (Å²) in [6.07, 6.45) is 1.54. The van der Waals surface area contributed by atoms with Crippen molar-refractivity contribution in [3.63, 3.8) is 0 Å². The molecule has 94 valence electrons. The number of nitrogen functional groups attached to an aromatic ring is 1. The van der Waals surface area contributed by atoms with E-state index in [1.807, 2.05) is 0 Å². The molecule has 18 heavy (non-hydrogen) atoms. The molecule has 0 saturated carbocycles. The van der Waals surface area contributed by atoms with Gasteiger partial charge in [-0.05, 0) is 24.3 Å². The molecule has 1 aromatic heterocycles. The zero-order valence-corrected chi connectivity index (χ0v) is 10.8. The SMILES string of the molecule is Nc1c(Cl)cc(C(=O)NCc2ccco2)cc1Cl. The van der Waals surface area contributed by atoms with Gasteiger partial charge >= 0.3 is 0 Å². The van der Waals surface area contributed by atoms with Crippen molar-refractivity contribution in [2.24, 2.45) is 0 Å². The van der Waals surface area contributed by atoms with E-state index in [4.69, 9.17) is 33.4 Å². The summed E-state index contributed by atoms with van der Waals surface area (Å²) in [4.78, 5) is 11.8. The van der Waals surface area contributed by atoms with Crippen LogP contribution in [0.4, 0.5) is 5.69 Å². The minimum absolute atomic E-state index is 0.255. The van der Waals surface area contributed by atoms with E-state index in [0.717, 1.165) is 0 Å². The maximum absolute atomic E-state index is 11.8. The summed E-state index contributed by atoms with van der Waals surface area (Å²) in [6, 6.07) is 6.46. The van der Waals surface area contributed by atoms with E-state index < -0.39 is 0 Å². The Labute approximate surface area is 114 Å². The average Bonchev–Trinajstić information content (AvgIpc) is 2.85. The molecule has 0 radical (unpaired) electrons. The van der Waals surface area contributed by atoms with Crippen LogP contribution in [0, 0.1) is 0 Å². The van der Waals surface area contributed by atoms with Crippen LogP contribution < -0.4 is 11.1 Å². The third kappa shape index (κ3) is 2.78. The highest BCUT2D eigenvalue weighted by atomic mass is 35.5. The van der Waals surface area contributed by atoms with Crippen LogP contribution in [0.1, 0.15) is 16.1 Å². The summed E-state index contributed by atoms with van der Waals surface area (Å²) in [7, 11) is 0. The fraction of sp³-hybridized carbons (Fsp3) is 0.0833. The van der Waals surface area contributed by atoms with Crippen molar-refractivity contribution in [2.45, 2.75) is 6.54 Å². The lowest BCUT2D eigenvalue weighted by molar-refractivity contribution is 0.0948. The minimum Gasteiger partial charge on any atom is -0.467 e. The molecular formula is C12H10Cl2N2O2. The maximum Gasteiger partial charge on any atom is 0.251 e. The number of anilines is 1. The lowest BCUT2D eigenvalue weighted by atomic mass is 10.2. The van der Waals surface area contributed by atoms with Crippen molar-refractivity contribution in [1.29, 1.82) is 0 Å². The van der Waals surface area contributed by atoms with Crippen LogP contribution in [0.3, 0.4) is 0 Å². The third-order valence-corrected chi connectivity index (χ3v) is 2.97. The van der Waals surface area contributed by atoms with Gasteiger partial charge in [0.15, 0.2) is 0 Å².